The number of sulfone groups is 1. The Bertz CT molecular complexity index is 764. The maximum Gasteiger partial charge on any atom is 0.331 e. The van der Waals surface area contributed by atoms with E-state index in [0.717, 1.165) is 31.2 Å². The zero-order valence-electron chi connectivity index (χ0n) is 14.5. The lowest BCUT2D eigenvalue weighted by Crippen LogP contribution is -2.48. The number of rotatable bonds is 6. The molecule has 1 atom stereocenters. The summed E-state index contributed by atoms with van der Waals surface area (Å²) in [5.41, 5.74) is 0.905. The number of esters is 1. The molecule has 0 spiro atoms. The molecular formula is C18H23NO5S2. The van der Waals surface area contributed by atoms with E-state index in [1.54, 1.807) is 11.0 Å². The summed E-state index contributed by atoms with van der Waals surface area (Å²) in [6, 6.07) is 1.64. The van der Waals surface area contributed by atoms with Crippen LogP contribution in [-0.4, -0.2) is 55.4 Å². The molecule has 1 aliphatic carbocycles. The normalized spacial score (nSPS) is 22.7. The molecule has 6 nitrogen and oxygen atoms in total. The summed E-state index contributed by atoms with van der Waals surface area (Å²) >= 11 is 1.53. The molecule has 1 aromatic rings. The van der Waals surface area contributed by atoms with Gasteiger partial charge in [0.2, 0.25) is 0 Å². The number of nitrogens with zero attached hydrogens (tertiary/aromatic N) is 1. The SMILES string of the molecule is O=C(/C=C/c1ccsc1)OCC(=O)N(C1CCCC1)[C@H]1CCS(=O)(=O)C1. The van der Waals surface area contributed by atoms with Crippen LogP contribution in [0.2, 0.25) is 0 Å². The second-order valence-electron chi connectivity index (χ2n) is 6.79. The van der Waals surface area contributed by atoms with Crippen LogP contribution in [0.15, 0.2) is 22.9 Å². The molecular weight excluding hydrogens is 374 g/mol. The summed E-state index contributed by atoms with van der Waals surface area (Å²) in [6.45, 7) is -0.347. The zero-order chi connectivity index (χ0) is 18.6. The van der Waals surface area contributed by atoms with Gasteiger partial charge in [0.05, 0.1) is 11.5 Å². The predicted octanol–water partition coefficient (Wildman–Crippen LogP) is 2.26. The van der Waals surface area contributed by atoms with Crippen molar-refractivity contribution < 1.29 is 22.7 Å². The molecule has 8 heteroatoms. The van der Waals surface area contributed by atoms with E-state index in [0.29, 0.717) is 6.42 Å². The lowest BCUT2D eigenvalue weighted by Gasteiger charge is -2.33. The second-order valence-corrected chi connectivity index (χ2v) is 9.80. The molecule has 0 unspecified atom stereocenters. The third-order valence-corrected chi connectivity index (χ3v) is 7.35. The first-order valence-electron chi connectivity index (χ1n) is 8.83. The molecule has 0 N–H and O–H groups in total. The van der Waals surface area contributed by atoms with Crippen LogP contribution in [0.25, 0.3) is 6.08 Å². The average molecular weight is 398 g/mol. The Hall–Kier alpha value is -1.67. The van der Waals surface area contributed by atoms with Gasteiger partial charge in [-0.15, -0.1) is 0 Å². The number of thiophene rings is 1. The highest BCUT2D eigenvalue weighted by molar-refractivity contribution is 7.91. The third-order valence-electron chi connectivity index (χ3n) is 4.90. The zero-order valence-corrected chi connectivity index (χ0v) is 16.1. The van der Waals surface area contributed by atoms with Gasteiger partial charge in [0.25, 0.3) is 5.91 Å². The molecule has 2 fully saturated rings. The molecule has 142 valence electrons. The van der Waals surface area contributed by atoms with E-state index in [9.17, 15) is 18.0 Å². The molecule has 0 bridgehead atoms. The van der Waals surface area contributed by atoms with Crippen LogP contribution in [0, 0.1) is 0 Å². The van der Waals surface area contributed by atoms with E-state index < -0.39 is 15.8 Å². The number of amides is 1. The Morgan fingerprint density at radius 2 is 2.00 bits per heavy atom. The largest absolute Gasteiger partial charge is 0.452 e. The maximum absolute atomic E-state index is 12.7. The fourth-order valence-corrected chi connectivity index (χ4v) is 6.01. The molecule has 1 aliphatic heterocycles. The van der Waals surface area contributed by atoms with Gasteiger partial charge in [-0.25, -0.2) is 13.2 Å². The fourth-order valence-electron chi connectivity index (χ4n) is 3.67. The lowest BCUT2D eigenvalue weighted by atomic mass is 10.1. The van der Waals surface area contributed by atoms with Crippen LogP contribution in [0.4, 0.5) is 0 Å². The van der Waals surface area contributed by atoms with Crippen molar-refractivity contribution >= 4 is 39.1 Å². The first-order chi connectivity index (χ1) is 12.4. The van der Waals surface area contributed by atoms with Crippen molar-refractivity contribution in [2.24, 2.45) is 0 Å². The molecule has 3 rings (SSSR count). The monoisotopic (exact) mass is 397 g/mol. The van der Waals surface area contributed by atoms with E-state index in [1.165, 1.54) is 17.4 Å². The van der Waals surface area contributed by atoms with Crippen LogP contribution >= 0.6 is 11.3 Å². The molecule has 1 aromatic heterocycles. The summed E-state index contributed by atoms with van der Waals surface area (Å²) in [6.07, 6.45) is 7.25. The minimum Gasteiger partial charge on any atom is -0.452 e. The van der Waals surface area contributed by atoms with Crippen molar-refractivity contribution in [3.63, 3.8) is 0 Å². The first kappa shape index (κ1) is 19.1. The topological polar surface area (TPSA) is 80.8 Å². The summed E-state index contributed by atoms with van der Waals surface area (Å²) in [5, 5.41) is 3.81. The standard InChI is InChI=1S/C18H23NO5S2/c20-17(11-24-18(21)6-5-14-7-9-25-12-14)19(15-3-1-2-4-15)16-8-10-26(22,23)13-16/h5-7,9,12,15-16H,1-4,8,10-11,13H2/b6-5+/t16-/m0/s1. The number of carbonyl (C=O) groups is 2. The minimum atomic E-state index is -3.08. The molecule has 0 radical (unpaired) electrons. The quantitative estimate of drug-likeness (QED) is 0.543. The van der Waals surface area contributed by atoms with Gasteiger partial charge < -0.3 is 9.64 Å². The summed E-state index contributed by atoms with van der Waals surface area (Å²) in [4.78, 5) is 26.2. The Balaban J connectivity index is 1.59. The maximum atomic E-state index is 12.7. The number of hydrogen-bond acceptors (Lipinski definition) is 6. The van der Waals surface area contributed by atoms with Crippen molar-refractivity contribution in [2.75, 3.05) is 18.1 Å². The Morgan fingerprint density at radius 3 is 2.62 bits per heavy atom. The minimum absolute atomic E-state index is 0.0151. The fraction of sp³-hybridized carbons (Fsp3) is 0.556. The number of hydrogen-bond donors (Lipinski definition) is 0. The van der Waals surface area contributed by atoms with Crippen molar-refractivity contribution in [1.29, 1.82) is 0 Å². The number of ether oxygens (including phenoxy) is 1. The van der Waals surface area contributed by atoms with E-state index >= 15 is 0 Å². The Morgan fingerprint density at radius 1 is 1.23 bits per heavy atom. The van der Waals surface area contributed by atoms with Gasteiger partial charge in [-0.05, 0) is 47.7 Å². The van der Waals surface area contributed by atoms with Crippen LogP contribution in [0.1, 0.15) is 37.7 Å². The molecule has 1 saturated heterocycles. The highest BCUT2D eigenvalue weighted by Gasteiger charge is 2.39. The second kappa shape index (κ2) is 8.35. The first-order valence-corrected chi connectivity index (χ1v) is 11.6. The van der Waals surface area contributed by atoms with Crippen LogP contribution < -0.4 is 0 Å². The van der Waals surface area contributed by atoms with Crippen LogP contribution in [0.5, 0.6) is 0 Å². The van der Waals surface area contributed by atoms with Crippen molar-refractivity contribution in [2.45, 2.75) is 44.2 Å². The molecule has 2 heterocycles. The smallest absolute Gasteiger partial charge is 0.331 e. The third kappa shape index (κ3) is 4.94. The van der Waals surface area contributed by atoms with Crippen molar-refractivity contribution in [3.05, 3.63) is 28.5 Å². The van der Waals surface area contributed by atoms with Gasteiger partial charge in [0.15, 0.2) is 16.4 Å². The Kier molecular flexibility index (Phi) is 6.13. The number of carbonyl (C=O) groups excluding carboxylic acids is 2. The molecule has 0 aromatic carbocycles. The molecule has 1 amide bonds. The van der Waals surface area contributed by atoms with Gasteiger partial charge in [-0.1, -0.05) is 12.8 Å². The summed E-state index contributed by atoms with van der Waals surface area (Å²) in [7, 11) is -3.08. The van der Waals surface area contributed by atoms with Crippen LogP contribution in [0.3, 0.4) is 0 Å². The van der Waals surface area contributed by atoms with Crippen molar-refractivity contribution in [1.82, 2.24) is 4.90 Å². The van der Waals surface area contributed by atoms with E-state index in [2.05, 4.69) is 0 Å². The van der Waals surface area contributed by atoms with Gasteiger partial charge >= 0.3 is 5.97 Å². The highest BCUT2D eigenvalue weighted by atomic mass is 32.2. The van der Waals surface area contributed by atoms with Crippen LogP contribution in [-0.2, 0) is 24.2 Å². The summed E-state index contributed by atoms with van der Waals surface area (Å²) < 4.78 is 28.7. The Labute approximate surface area is 157 Å². The highest BCUT2D eigenvalue weighted by Crippen LogP contribution is 2.29. The molecule has 26 heavy (non-hydrogen) atoms. The van der Waals surface area contributed by atoms with Gasteiger partial charge in [-0.2, -0.15) is 11.3 Å². The van der Waals surface area contributed by atoms with Gasteiger partial charge in [-0.3, -0.25) is 4.79 Å². The van der Waals surface area contributed by atoms with E-state index in [4.69, 9.17) is 4.74 Å². The van der Waals surface area contributed by atoms with Crippen molar-refractivity contribution in [3.8, 4) is 0 Å². The van der Waals surface area contributed by atoms with E-state index in [1.807, 2.05) is 16.8 Å². The molecule has 1 saturated carbocycles. The summed E-state index contributed by atoms with van der Waals surface area (Å²) in [5.74, 6) is -0.732. The average Bonchev–Trinajstić information content (AvgIpc) is 3.34. The predicted molar refractivity (Wildman–Crippen MR) is 100 cm³/mol. The lowest BCUT2D eigenvalue weighted by molar-refractivity contribution is -0.150. The van der Waals surface area contributed by atoms with Gasteiger partial charge in [0, 0.05) is 18.2 Å². The van der Waals surface area contributed by atoms with E-state index in [-0.39, 0.29) is 36.1 Å². The van der Waals surface area contributed by atoms with Gasteiger partial charge in [0.1, 0.15) is 0 Å². The molecule has 2 aliphatic rings.